The van der Waals surface area contributed by atoms with Crippen LogP contribution in [0.25, 0.3) is 0 Å². The predicted octanol–water partition coefficient (Wildman–Crippen LogP) is 2.51. The summed E-state index contributed by atoms with van der Waals surface area (Å²) < 4.78 is 62.2. The van der Waals surface area contributed by atoms with Crippen LogP contribution >= 0.6 is 0 Å². The number of phenols is 1. The molecule has 2 saturated carbocycles. The summed E-state index contributed by atoms with van der Waals surface area (Å²) in [4.78, 5) is 2.57. The number of rotatable bonds is 30. The van der Waals surface area contributed by atoms with Gasteiger partial charge in [0.15, 0.2) is 11.5 Å². The van der Waals surface area contributed by atoms with E-state index >= 15 is 0 Å². The molecule has 2 N–H and O–H groups in total. The number of aliphatic hydroxyl groups is 1. The van der Waals surface area contributed by atoms with Crippen LogP contribution in [0.4, 0.5) is 0 Å². The quantitative estimate of drug-likeness (QED) is 0.111. The molecule has 14 heteroatoms. The molecule has 3 fully saturated rings. The van der Waals surface area contributed by atoms with Gasteiger partial charge in [0.1, 0.15) is 6.10 Å². The molecule has 2 bridgehead atoms. The largest absolute Gasteiger partial charge is 0.504 e. The molecule has 5 aliphatic rings. The average Bonchev–Trinajstić information content (AvgIpc) is 3.51. The van der Waals surface area contributed by atoms with E-state index in [-0.39, 0.29) is 24.0 Å². The Morgan fingerprint density at radius 1 is 0.685 bits per heavy atom. The minimum atomic E-state index is -0.903. The van der Waals surface area contributed by atoms with Gasteiger partial charge in [0, 0.05) is 25.3 Å². The Balaban J connectivity index is 0.756. The van der Waals surface area contributed by atoms with E-state index in [4.69, 9.17) is 52.1 Å². The van der Waals surface area contributed by atoms with Crippen molar-refractivity contribution in [2.75, 3.05) is 139 Å². The average molecular weight is 768 g/mol. The molecule has 0 amide bonds. The Morgan fingerprint density at radius 3 is 1.70 bits per heavy atom. The lowest BCUT2D eigenvalue weighted by atomic mass is 9.48. The molecule has 5 atom stereocenters. The summed E-state index contributed by atoms with van der Waals surface area (Å²) >= 11 is 0. The molecule has 1 saturated heterocycles. The Kier molecular flexibility index (Phi) is 16.9. The highest BCUT2D eigenvalue weighted by Crippen LogP contribution is 2.65. The molecule has 6 rings (SSSR count). The van der Waals surface area contributed by atoms with Gasteiger partial charge in [0.25, 0.3) is 0 Å². The summed E-state index contributed by atoms with van der Waals surface area (Å²) in [5, 5.41) is 23.5. The van der Waals surface area contributed by atoms with Crippen molar-refractivity contribution in [3.05, 3.63) is 23.3 Å². The molecule has 2 aliphatic heterocycles. The first-order chi connectivity index (χ1) is 26.6. The van der Waals surface area contributed by atoms with E-state index in [1.165, 1.54) is 24.8 Å². The topological polar surface area (TPSA) is 145 Å². The van der Waals surface area contributed by atoms with Gasteiger partial charge in [-0.25, -0.2) is 0 Å². The van der Waals surface area contributed by atoms with Crippen molar-refractivity contribution < 1.29 is 62.3 Å². The summed E-state index contributed by atoms with van der Waals surface area (Å²) in [5.74, 6) is 1.46. The Labute approximate surface area is 320 Å². The second-order valence-electron chi connectivity index (χ2n) is 15.0. The molecular formula is C40H65NO13. The molecule has 1 spiro atoms. The molecule has 14 nitrogen and oxygen atoms in total. The summed E-state index contributed by atoms with van der Waals surface area (Å²) in [6.07, 6.45) is 6.37. The maximum Gasteiger partial charge on any atom is 0.165 e. The van der Waals surface area contributed by atoms with Crippen molar-refractivity contribution in [3.8, 4) is 11.5 Å². The SMILES string of the molecule is COCCOCCOCCOCCOCCOCCOCCOCCOCCOC1CC[C@@]2(O)C3Cc4ccc(O)c5c4C2(CCN3CC2CCC2)[C@H]1O5. The molecule has 308 valence electrons. The van der Waals surface area contributed by atoms with Gasteiger partial charge in [-0.1, -0.05) is 12.5 Å². The van der Waals surface area contributed by atoms with E-state index in [9.17, 15) is 10.2 Å². The molecular weight excluding hydrogens is 702 g/mol. The van der Waals surface area contributed by atoms with Crippen LogP contribution in [0.15, 0.2) is 12.1 Å². The minimum Gasteiger partial charge on any atom is -0.504 e. The number of nitrogens with zero attached hydrogens (tertiary/aromatic N) is 1. The molecule has 0 aromatic heterocycles. The van der Waals surface area contributed by atoms with Crippen molar-refractivity contribution in [3.63, 3.8) is 0 Å². The normalized spacial score (nSPS) is 27.2. The first-order valence-electron chi connectivity index (χ1n) is 20.3. The van der Waals surface area contributed by atoms with Crippen LogP contribution in [-0.4, -0.2) is 178 Å². The Bertz CT molecular complexity index is 1240. The van der Waals surface area contributed by atoms with Crippen LogP contribution in [0.3, 0.4) is 0 Å². The van der Waals surface area contributed by atoms with Crippen LogP contribution in [0.1, 0.15) is 49.7 Å². The van der Waals surface area contributed by atoms with Gasteiger partial charge >= 0.3 is 0 Å². The molecule has 2 heterocycles. The predicted molar refractivity (Wildman–Crippen MR) is 198 cm³/mol. The van der Waals surface area contributed by atoms with Crippen molar-refractivity contribution >= 4 is 0 Å². The van der Waals surface area contributed by atoms with Gasteiger partial charge in [-0.05, 0) is 62.6 Å². The van der Waals surface area contributed by atoms with Gasteiger partial charge in [-0.2, -0.15) is 0 Å². The van der Waals surface area contributed by atoms with Crippen LogP contribution in [0, 0.1) is 5.92 Å². The number of hydrogen-bond donors (Lipinski definition) is 2. The van der Waals surface area contributed by atoms with E-state index < -0.39 is 11.0 Å². The van der Waals surface area contributed by atoms with E-state index in [0.717, 1.165) is 37.4 Å². The molecule has 1 aromatic carbocycles. The maximum atomic E-state index is 12.6. The van der Waals surface area contributed by atoms with Crippen molar-refractivity contribution in [2.24, 2.45) is 5.92 Å². The lowest BCUT2D eigenvalue weighted by Gasteiger charge is -2.64. The summed E-state index contributed by atoms with van der Waals surface area (Å²) in [5.41, 5.74) is 0.768. The van der Waals surface area contributed by atoms with Crippen LogP contribution < -0.4 is 4.74 Å². The Morgan fingerprint density at radius 2 is 1.20 bits per heavy atom. The standard InChI is InChI=1S/C40H65NO13/c1-44-11-12-45-13-14-46-15-16-47-17-18-48-19-20-49-21-22-50-23-24-51-25-26-52-27-28-53-34-7-8-40(43)35-29-32-5-6-33(42)37-36(32)39(40,38(34)54-37)9-10-41(35)30-31-3-2-4-31/h5-6,31,34-35,38,42-43H,2-4,7-30H2,1H3/t34?,35?,38-,39?,40+/m0/s1. The van der Waals surface area contributed by atoms with Crippen LogP contribution in [-0.2, 0) is 59.2 Å². The fourth-order valence-electron chi connectivity index (χ4n) is 9.02. The second-order valence-corrected chi connectivity index (χ2v) is 15.0. The summed E-state index contributed by atoms with van der Waals surface area (Å²) in [6, 6.07) is 3.87. The van der Waals surface area contributed by atoms with Crippen molar-refractivity contribution in [2.45, 2.75) is 74.2 Å². The zero-order valence-corrected chi connectivity index (χ0v) is 32.4. The fraction of sp³-hybridized carbons (Fsp3) is 0.850. The van der Waals surface area contributed by atoms with Crippen LogP contribution in [0.2, 0.25) is 0 Å². The third-order valence-electron chi connectivity index (χ3n) is 11.8. The molecule has 54 heavy (non-hydrogen) atoms. The lowest BCUT2D eigenvalue weighted by Crippen LogP contribution is -2.77. The first kappa shape index (κ1) is 42.0. The zero-order chi connectivity index (χ0) is 37.5. The number of methoxy groups -OCH3 is 1. The lowest BCUT2D eigenvalue weighted by molar-refractivity contribution is -0.218. The maximum absolute atomic E-state index is 12.6. The fourth-order valence-corrected chi connectivity index (χ4v) is 9.02. The molecule has 3 aliphatic carbocycles. The highest BCUT2D eigenvalue weighted by atomic mass is 16.6. The number of hydrogen-bond acceptors (Lipinski definition) is 14. The molecule has 0 radical (unpaired) electrons. The van der Waals surface area contributed by atoms with Gasteiger partial charge < -0.3 is 62.3 Å². The van der Waals surface area contributed by atoms with Crippen molar-refractivity contribution in [1.82, 2.24) is 4.90 Å². The third-order valence-corrected chi connectivity index (χ3v) is 11.8. The number of ether oxygens (including phenoxy) is 11. The molecule has 1 aromatic rings. The van der Waals surface area contributed by atoms with Gasteiger partial charge in [0.2, 0.25) is 0 Å². The van der Waals surface area contributed by atoms with Gasteiger partial charge in [-0.15, -0.1) is 0 Å². The number of benzene rings is 1. The number of aromatic hydroxyl groups is 1. The zero-order valence-electron chi connectivity index (χ0n) is 32.4. The van der Waals surface area contributed by atoms with Gasteiger partial charge in [-0.3, -0.25) is 4.90 Å². The number of piperidine rings is 1. The molecule has 3 unspecified atom stereocenters. The minimum absolute atomic E-state index is 0.0617. The monoisotopic (exact) mass is 767 g/mol. The Hall–Kier alpha value is -1.66. The van der Waals surface area contributed by atoms with Crippen molar-refractivity contribution in [1.29, 1.82) is 0 Å². The number of phenolic OH excluding ortho intramolecular Hbond substituents is 1. The van der Waals surface area contributed by atoms with Gasteiger partial charge in [0.05, 0.1) is 136 Å². The van der Waals surface area contributed by atoms with E-state index in [1.807, 2.05) is 6.07 Å². The summed E-state index contributed by atoms with van der Waals surface area (Å²) in [6.45, 7) is 11.1. The number of likely N-dealkylation sites (tertiary alicyclic amines) is 1. The van der Waals surface area contributed by atoms with E-state index in [1.54, 1.807) is 13.2 Å². The van der Waals surface area contributed by atoms with E-state index in [2.05, 4.69) is 4.90 Å². The second kappa shape index (κ2) is 21.8. The highest BCUT2D eigenvalue weighted by molar-refractivity contribution is 5.62. The third kappa shape index (κ3) is 10.3. The van der Waals surface area contributed by atoms with Crippen LogP contribution in [0.5, 0.6) is 11.5 Å². The van der Waals surface area contributed by atoms with E-state index in [0.29, 0.717) is 138 Å². The first-order valence-corrected chi connectivity index (χ1v) is 20.3. The smallest absolute Gasteiger partial charge is 0.165 e. The highest BCUT2D eigenvalue weighted by Gasteiger charge is 2.73. The summed E-state index contributed by atoms with van der Waals surface area (Å²) in [7, 11) is 1.65.